The molecule has 0 aromatic heterocycles. The van der Waals surface area contributed by atoms with E-state index in [1.165, 1.54) is 24.1 Å². The van der Waals surface area contributed by atoms with Gasteiger partial charge in [0.05, 0.1) is 12.2 Å². The highest BCUT2D eigenvalue weighted by Gasteiger charge is 2.39. The molecule has 1 aliphatic carbocycles. The summed E-state index contributed by atoms with van der Waals surface area (Å²) in [4.78, 5) is 26.2. The number of hydrogen-bond donors (Lipinski definition) is 5. The molecule has 40 heavy (non-hydrogen) atoms. The van der Waals surface area contributed by atoms with Gasteiger partial charge in [0.2, 0.25) is 5.91 Å². The number of aliphatic hydroxyl groups excluding tert-OH is 3. The SMILES string of the molecule is CN(C(=O)CCC/C=C\C[C@H]1C(=O)C[C@@H](O)[C@@H]1/C=C/[C@@H](O)CCc1ccccc1)C(O)Cc1ccc(O)c(O)c1. The van der Waals surface area contributed by atoms with Gasteiger partial charge >= 0.3 is 0 Å². The van der Waals surface area contributed by atoms with Crippen LogP contribution in [0.15, 0.2) is 72.8 Å². The number of likely N-dealkylation sites (N-methyl/N-ethyl adjacent to an activating group) is 1. The maximum Gasteiger partial charge on any atom is 0.224 e. The fraction of sp³-hybridized carbons (Fsp3) is 0.438. The minimum Gasteiger partial charge on any atom is -0.504 e. The van der Waals surface area contributed by atoms with Gasteiger partial charge in [0.25, 0.3) is 0 Å². The molecular formula is C32H41NO7. The largest absolute Gasteiger partial charge is 0.504 e. The minimum absolute atomic E-state index is 0.0123. The minimum atomic E-state index is -1.06. The van der Waals surface area contributed by atoms with Crippen LogP contribution in [-0.4, -0.2) is 67.6 Å². The number of hydrogen-bond acceptors (Lipinski definition) is 7. The summed E-state index contributed by atoms with van der Waals surface area (Å²) in [6.45, 7) is 0. The van der Waals surface area contributed by atoms with Crippen molar-refractivity contribution in [3.63, 3.8) is 0 Å². The van der Waals surface area contributed by atoms with Crippen LogP contribution in [0.5, 0.6) is 11.5 Å². The van der Waals surface area contributed by atoms with Crippen molar-refractivity contribution < 1.29 is 35.1 Å². The summed E-state index contributed by atoms with van der Waals surface area (Å²) in [6, 6.07) is 14.2. The molecule has 0 spiro atoms. The van der Waals surface area contributed by atoms with Crippen molar-refractivity contribution >= 4 is 11.7 Å². The van der Waals surface area contributed by atoms with E-state index in [2.05, 4.69) is 0 Å². The molecule has 2 aromatic carbocycles. The monoisotopic (exact) mass is 551 g/mol. The number of rotatable bonds is 14. The van der Waals surface area contributed by atoms with Gasteiger partial charge in [0.1, 0.15) is 12.0 Å². The van der Waals surface area contributed by atoms with Crippen molar-refractivity contribution in [2.24, 2.45) is 11.8 Å². The molecule has 3 rings (SSSR count). The van der Waals surface area contributed by atoms with Crippen LogP contribution in [0.2, 0.25) is 0 Å². The predicted octanol–water partition coefficient (Wildman–Crippen LogP) is 3.65. The molecule has 0 radical (unpaired) electrons. The smallest absolute Gasteiger partial charge is 0.224 e. The lowest BCUT2D eigenvalue weighted by Crippen LogP contribution is -2.38. The number of allylic oxidation sites excluding steroid dienone is 2. The van der Waals surface area contributed by atoms with E-state index < -0.39 is 18.4 Å². The van der Waals surface area contributed by atoms with E-state index in [-0.39, 0.29) is 54.3 Å². The molecule has 0 aliphatic heterocycles. The van der Waals surface area contributed by atoms with Gasteiger partial charge in [-0.15, -0.1) is 0 Å². The summed E-state index contributed by atoms with van der Waals surface area (Å²) in [7, 11) is 1.52. The number of aliphatic hydroxyl groups is 3. The van der Waals surface area contributed by atoms with E-state index in [1.54, 1.807) is 18.2 Å². The van der Waals surface area contributed by atoms with Gasteiger partial charge in [-0.1, -0.05) is 60.7 Å². The fourth-order valence-electron chi connectivity index (χ4n) is 4.96. The number of phenolic OH excluding ortho intramolecular Hbond substituents is 2. The molecule has 8 heteroatoms. The van der Waals surface area contributed by atoms with E-state index in [0.29, 0.717) is 31.2 Å². The Kier molecular flexibility index (Phi) is 11.9. The quantitative estimate of drug-likeness (QED) is 0.105. The number of aryl methyl sites for hydroxylation is 1. The van der Waals surface area contributed by atoms with Gasteiger partial charge in [-0.3, -0.25) is 9.59 Å². The first kappa shape index (κ1) is 31.1. The van der Waals surface area contributed by atoms with Crippen LogP contribution in [0.25, 0.3) is 0 Å². The molecule has 1 saturated carbocycles. The Hall–Kier alpha value is -3.46. The first-order chi connectivity index (χ1) is 19.2. The number of nitrogens with zero attached hydrogens (tertiary/aromatic N) is 1. The molecule has 1 fully saturated rings. The van der Waals surface area contributed by atoms with Crippen molar-refractivity contribution in [2.75, 3.05) is 7.05 Å². The molecule has 5 N–H and O–H groups in total. The number of benzene rings is 2. The average molecular weight is 552 g/mol. The highest BCUT2D eigenvalue weighted by atomic mass is 16.3. The summed E-state index contributed by atoms with van der Waals surface area (Å²) >= 11 is 0. The standard InChI is InChI=1S/C32H41NO7/c1-33(32(40)20-23-14-18-27(35)30(38)19-23)31(39)12-8-3-2-7-11-25-26(29(37)21-28(25)36)17-16-24(34)15-13-22-9-5-4-6-10-22/h2,4-7,9-10,14,16-19,24-26,29,32,34-35,37-38,40H,3,8,11-13,15,20-21H2,1H3/b7-2-,17-16+/t24-,25+,26+,29+,32?/m0/s1. The first-order valence-electron chi connectivity index (χ1n) is 13.9. The highest BCUT2D eigenvalue weighted by Crippen LogP contribution is 2.33. The number of aromatic hydroxyl groups is 2. The van der Waals surface area contributed by atoms with Crippen molar-refractivity contribution in [1.29, 1.82) is 0 Å². The fourth-order valence-corrected chi connectivity index (χ4v) is 4.96. The van der Waals surface area contributed by atoms with E-state index in [0.717, 1.165) is 12.0 Å². The topological polar surface area (TPSA) is 139 Å². The van der Waals surface area contributed by atoms with Crippen LogP contribution in [0.3, 0.4) is 0 Å². The van der Waals surface area contributed by atoms with Crippen LogP contribution >= 0.6 is 0 Å². The van der Waals surface area contributed by atoms with Gasteiger partial charge in [0.15, 0.2) is 11.5 Å². The van der Waals surface area contributed by atoms with Crippen LogP contribution in [0.1, 0.15) is 49.7 Å². The molecular weight excluding hydrogens is 510 g/mol. The maximum atomic E-state index is 12.5. The lowest BCUT2D eigenvalue weighted by molar-refractivity contribution is -0.138. The summed E-state index contributed by atoms with van der Waals surface area (Å²) < 4.78 is 0. The number of phenols is 2. The molecule has 216 valence electrons. The zero-order chi connectivity index (χ0) is 29.1. The first-order valence-corrected chi connectivity index (χ1v) is 13.9. The molecule has 1 aliphatic rings. The number of amides is 1. The zero-order valence-electron chi connectivity index (χ0n) is 23.0. The highest BCUT2D eigenvalue weighted by molar-refractivity contribution is 5.84. The van der Waals surface area contributed by atoms with Crippen molar-refractivity contribution in [2.45, 2.75) is 69.8 Å². The zero-order valence-corrected chi connectivity index (χ0v) is 23.0. The van der Waals surface area contributed by atoms with Crippen molar-refractivity contribution in [3.05, 3.63) is 84.0 Å². The second kappa shape index (κ2) is 15.4. The second-order valence-corrected chi connectivity index (χ2v) is 10.5. The molecule has 0 heterocycles. The molecule has 8 nitrogen and oxygen atoms in total. The summed E-state index contributed by atoms with van der Waals surface area (Å²) in [6.07, 6.45) is 8.30. The van der Waals surface area contributed by atoms with Gasteiger partial charge in [0, 0.05) is 38.1 Å². The van der Waals surface area contributed by atoms with Crippen molar-refractivity contribution in [1.82, 2.24) is 4.90 Å². The van der Waals surface area contributed by atoms with Crippen LogP contribution < -0.4 is 0 Å². The number of carbonyl (C=O) groups is 2. The Morgan fingerprint density at radius 2 is 1.80 bits per heavy atom. The van der Waals surface area contributed by atoms with E-state index >= 15 is 0 Å². The van der Waals surface area contributed by atoms with Gasteiger partial charge in [-0.2, -0.15) is 0 Å². The van der Waals surface area contributed by atoms with Crippen LogP contribution in [0.4, 0.5) is 0 Å². The average Bonchev–Trinajstić information content (AvgIpc) is 3.21. The van der Waals surface area contributed by atoms with E-state index in [4.69, 9.17) is 0 Å². The Bertz CT molecular complexity index is 1160. The third-order valence-corrected chi connectivity index (χ3v) is 7.48. The summed E-state index contributed by atoms with van der Waals surface area (Å²) in [5.74, 6) is -1.41. The predicted molar refractivity (Wildman–Crippen MR) is 152 cm³/mol. The maximum absolute atomic E-state index is 12.5. The Morgan fingerprint density at radius 1 is 1.05 bits per heavy atom. The molecule has 2 aromatic rings. The van der Waals surface area contributed by atoms with Gasteiger partial charge in [-0.25, -0.2) is 0 Å². The molecule has 0 bridgehead atoms. The van der Waals surface area contributed by atoms with Crippen molar-refractivity contribution in [3.8, 4) is 11.5 Å². The molecule has 0 saturated heterocycles. The van der Waals surface area contributed by atoms with Gasteiger partial charge in [-0.05, 0) is 55.4 Å². The summed E-state index contributed by atoms with van der Waals surface area (Å²) in [5.41, 5.74) is 1.74. The number of carbonyl (C=O) groups excluding carboxylic acids is 2. The number of unbranched alkanes of at least 4 members (excludes halogenated alkanes) is 1. The lowest BCUT2D eigenvalue weighted by atomic mass is 9.90. The Morgan fingerprint density at radius 3 is 2.52 bits per heavy atom. The lowest BCUT2D eigenvalue weighted by Gasteiger charge is -2.24. The normalized spacial score (nSPS) is 20.8. The van der Waals surface area contributed by atoms with Crippen LogP contribution in [-0.2, 0) is 22.4 Å². The third kappa shape index (κ3) is 9.33. The molecule has 1 amide bonds. The number of ketones is 1. The Balaban J connectivity index is 1.39. The molecule has 5 atom stereocenters. The van der Waals surface area contributed by atoms with Gasteiger partial charge < -0.3 is 30.4 Å². The third-order valence-electron chi connectivity index (χ3n) is 7.48. The van der Waals surface area contributed by atoms with E-state index in [9.17, 15) is 35.1 Å². The summed E-state index contributed by atoms with van der Waals surface area (Å²) in [5, 5.41) is 50.1. The van der Waals surface area contributed by atoms with Crippen LogP contribution in [0, 0.1) is 11.8 Å². The Labute approximate surface area is 235 Å². The molecule has 1 unspecified atom stereocenters. The van der Waals surface area contributed by atoms with E-state index in [1.807, 2.05) is 42.5 Å². The number of Topliss-reactive ketones (excluding diaryl/α,β-unsaturated/α-hetero) is 1. The second-order valence-electron chi connectivity index (χ2n) is 10.5.